The first-order chi connectivity index (χ1) is 16.4. The molecule has 0 N–H and O–H groups in total. The molecule has 0 radical (unpaired) electrons. The molecular weight excluding hydrogens is 452 g/mol. The number of hydrogen-bond donors (Lipinski definition) is 0. The number of hydrogen-bond acceptors (Lipinski definition) is 5. The van der Waals surface area contributed by atoms with E-state index >= 15 is 0 Å². The number of rotatable bonds is 9. The first-order valence-electron chi connectivity index (χ1n) is 12.3. The van der Waals surface area contributed by atoms with Gasteiger partial charge >= 0.3 is 5.69 Å². The third kappa shape index (κ3) is 5.08. The summed E-state index contributed by atoms with van der Waals surface area (Å²) in [5.74, 6) is 0.861. The van der Waals surface area contributed by atoms with E-state index < -0.39 is 0 Å². The molecule has 9 heteroatoms. The highest BCUT2D eigenvalue weighted by atomic mass is 35.5. The lowest BCUT2D eigenvalue weighted by molar-refractivity contribution is 0.241. The van der Waals surface area contributed by atoms with Crippen LogP contribution >= 0.6 is 11.6 Å². The van der Waals surface area contributed by atoms with Crippen LogP contribution in [0.3, 0.4) is 0 Å². The van der Waals surface area contributed by atoms with Crippen LogP contribution in [0, 0.1) is 0 Å². The van der Waals surface area contributed by atoms with Crippen LogP contribution in [0.1, 0.15) is 44.9 Å². The number of aryl methyl sites for hydroxylation is 2. The minimum atomic E-state index is -0.341. The van der Waals surface area contributed by atoms with Gasteiger partial charge < -0.3 is 9.47 Å². The van der Waals surface area contributed by atoms with Crippen LogP contribution in [-0.4, -0.2) is 49.8 Å². The van der Waals surface area contributed by atoms with E-state index in [-0.39, 0.29) is 11.2 Å². The number of benzene rings is 1. The van der Waals surface area contributed by atoms with Gasteiger partial charge in [0, 0.05) is 57.5 Å². The van der Waals surface area contributed by atoms with E-state index in [9.17, 15) is 9.59 Å². The summed E-state index contributed by atoms with van der Waals surface area (Å²) in [7, 11) is 3.23. The van der Waals surface area contributed by atoms with Crippen LogP contribution in [0.5, 0.6) is 0 Å². The molecule has 34 heavy (non-hydrogen) atoms. The van der Waals surface area contributed by atoms with Gasteiger partial charge in [-0.05, 0) is 24.6 Å². The van der Waals surface area contributed by atoms with Gasteiger partial charge in [0.05, 0.1) is 6.54 Å². The highest BCUT2D eigenvalue weighted by molar-refractivity contribution is 6.30. The van der Waals surface area contributed by atoms with Crippen molar-refractivity contribution in [1.29, 1.82) is 0 Å². The topological polar surface area (TPSA) is 68.3 Å². The average molecular weight is 487 g/mol. The van der Waals surface area contributed by atoms with Crippen molar-refractivity contribution in [3.63, 3.8) is 0 Å². The SMILES string of the molecule is CCCCCCCn1c(CN2CCN(c3cccc(Cl)c3)CC2)nc2c1c(=O)n(C)c(=O)n2C. The maximum Gasteiger partial charge on any atom is 0.332 e. The van der Waals surface area contributed by atoms with Gasteiger partial charge in [-0.15, -0.1) is 0 Å². The Morgan fingerprint density at radius 2 is 1.71 bits per heavy atom. The van der Waals surface area contributed by atoms with E-state index in [1.165, 1.54) is 35.4 Å². The van der Waals surface area contributed by atoms with Crippen molar-refractivity contribution in [2.24, 2.45) is 14.1 Å². The predicted octanol–water partition coefficient (Wildman–Crippen LogP) is 3.38. The van der Waals surface area contributed by atoms with Gasteiger partial charge in [0.2, 0.25) is 0 Å². The molecular formula is C25H35ClN6O2. The summed E-state index contributed by atoms with van der Waals surface area (Å²) < 4.78 is 4.74. The standard InChI is InChI=1S/C25H35ClN6O2/c1-4-5-6-7-8-12-32-21(27-23-22(32)24(33)29(3)25(34)28(23)2)18-30-13-15-31(16-14-30)20-11-9-10-19(26)17-20/h9-11,17H,4-8,12-16,18H2,1-3H3. The molecule has 1 saturated heterocycles. The Balaban J connectivity index is 1.56. The number of unbranched alkanes of at least 4 members (excludes halogenated alkanes) is 4. The Morgan fingerprint density at radius 1 is 0.971 bits per heavy atom. The molecule has 0 bridgehead atoms. The first-order valence-corrected chi connectivity index (χ1v) is 12.7. The summed E-state index contributed by atoms with van der Waals surface area (Å²) in [5.41, 5.74) is 1.55. The van der Waals surface area contributed by atoms with E-state index in [4.69, 9.17) is 16.6 Å². The van der Waals surface area contributed by atoms with Crippen molar-refractivity contribution >= 4 is 28.5 Å². The van der Waals surface area contributed by atoms with Gasteiger partial charge in [-0.1, -0.05) is 50.3 Å². The molecule has 0 saturated carbocycles. The summed E-state index contributed by atoms with van der Waals surface area (Å²) in [6.45, 7) is 7.19. The zero-order chi connectivity index (χ0) is 24.2. The van der Waals surface area contributed by atoms with Crippen molar-refractivity contribution in [1.82, 2.24) is 23.6 Å². The lowest BCUT2D eigenvalue weighted by Crippen LogP contribution is -2.46. The van der Waals surface area contributed by atoms with Gasteiger partial charge in [0.15, 0.2) is 11.2 Å². The van der Waals surface area contributed by atoms with E-state index in [1.807, 2.05) is 18.2 Å². The number of piperazine rings is 1. The molecule has 4 rings (SSSR count). The molecule has 3 aromatic rings. The predicted molar refractivity (Wildman–Crippen MR) is 138 cm³/mol. The summed E-state index contributed by atoms with van der Waals surface area (Å²) in [4.78, 5) is 35.1. The fraction of sp³-hybridized carbons (Fsp3) is 0.560. The Hall–Kier alpha value is -2.58. The van der Waals surface area contributed by atoms with Crippen LogP contribution in [0.4, 0.5) is 5.69 Å². The quantitative estimate of drug-likeness (QED) is 0.434. The number of fused-ring (bicyclic) bond motifs is 1. The van der Waals surface area contributed by atoms with Gasteiger partial charge in [0.1, 0.15) is 5.82 Å². The van der Waals surface area contributed by atoms with Crippen LogP contribution in [0.25, 0.3) is 11.2 Å². The van der Waals surface area contributed by atoms with Crippen molar-refractivity contribution in [2.75, 3.05) is 31.1 Å². The second kappa shape index (κ2) is 10.8. The molecule has 0 amide bonds. The molecule has 0 unspecified atom stereocenters. The molecule has 0 atom stereocenters. The summed E-state index contributed by atoms with van der Waals surface area (Å²) in [5, 5.41) is 0.750. The van der Waals surface area contributed by atoms with Gasteiger partial charge in [-0.2, -0.15) is 0 Å². The van der Waals surface area contributed by atoms with Gasteiger partial charge in [-0.3, -0.25) is 18.8 Å². The van der Waals surface area contributed by atoms with Crippen LogP contribution < -0.4 is 16.1 Å². The molecule has 0 aliphatic carbocycles. The lowest BCUT2D eigenvalue weighted by atomic mass is 10.1. The lowest BCUT2D eigenvalue weighted by Gasteiger charge is -2.36. The first kappa shape index (κ1) is 24.5. The number of halogens is 1. The minimum Gasteiger partial charge on any atom is -0.369 e. The second-order valence-corrected chi connectivity index (χ2v) is 9.65. The molecule has 1 aliphatic heterocycles. The van der Waals surface area contributed by atoms with E-state index in [0.717, 1.165) is 62.1 Å². The van der Waals surface area contributed by atoms with Crippen LogP contribution in [-0.2, 0) is 27.2 Å². The zero-order valence-corrected chi connectivity index (χ0v) is 21.2. The van der Waals surface area contributed by atoms with E-state index in [1.54, 1.807) is 7.05 Å². The fourth-order valence-corrected chi connectivity index (χ4v) is 4.95. The average Bonchev–Trinajstić information content (AvgIpc) is 3.20. The molecule has 3 heterocycles. The Labute approximate surface area is 205 Å². The molecule has 184 valence electrons. The molecule has 2 aromatic heterocycles. The Kier molecular flexibility index (Phi) is 7.78. The van der Waals surface area contributed by atoms with Gasteiger partial charge in [0.25, 0.3) is 5.56 Å². The van der Waals surface area contributed by atoms with Crippen LogP contribution in [0.2, 0.25) is 5.02 Å². The number of anilines is 1. The van der Waals surface area contributed by atoms with E-state index in [0.29, 0.717) is 17.7 Å². The van der Waals surface area contributed by atoms with Crippen molar-refractivity contribution in [3.05, 3.63) is 56.0 Å². The highest BCUT2D eigenvalue weighted by Gasteiger charge is 2.23. The maximum absolute atomic E-state index is 13.0. The highest BCUT2D eigenvalue weighted by Crippen LogP contribution is 2.22. The monoisotopic (exact) mass is 486 g/mol. The molecule has 1 aromatic carbocycles. The Morgan fingerprint density at radius 3 is 2.41 bits per heavy atom. The fourth-order valence-electron chi connectivity index (χ4n) is 4.76. The molecule has 1 fully saturated rings. The summed E-state index contributed by atoms with van der Waals surface area (Å²) >= 11 is 6.17. The normalized spacial score (nSPS) is 14.9. The molecule has 8 nitrogen and oxygen atoms in total. The number of nitrogens with zero attached hydrogens (tertiary/aromatic N) is 6. The third-order valence-electron chi connectivity index (χ3n) is 6.82. The van der Waals surface area contributed by atoms with Crippen molar-refractivity contribution < 1.29 is 0 Å². The number of imidazole rings is 1. The molecule has 0 spiro atoms. The smallest absolute Gasteiger partial charge is 0.332 e. The summed E-state index contributed by atoms with van der Waals surface area (Å²) in [6.07, 6.45) is 5.73. The van der Waals surface area contributed by atoms with Crippen LogP contribution in [0.15, 0.2) is 33.9 Å². The summed E-state index contributed by atoms with van der Waals surface area (Å²) in [6, 6.07) is 7.98. The zero-order valence-electron chi connectivity index (χ0n) is 20.5. The molecule has 1 aliphatic rings. The van der Waals surface area contributed by atoms with Crippen molar-refractivity contribution in [2.45, 2.75) is 52.1 Å². The van der Waals surface area contributed by atoms with Crippen molar-refractivity contribution in [3.8, 4) is 0 Å². The second-order valence-electron chi connectivity index (χ2n) is 9.21. The number of aromatic nitrogens is 4. The third-order valence-corrected chi connectivity index (χ3v) is 7.06. The largest absolute Gasteiger partial charge is 0.369 e. The minimum absolute atomic E-state index is 0.267. The maximum atomic E-state index is 13.0. The van der Waals surface area contributed by atoms with Gasteiger partial charge in [-0.25, -0.2) is 9.78 Å². The van der Waals surface area contributed by atoms with E-state index in [2.05, 4.69) is 27.4 Å². The Bertz CT molecular complexity index is 1250.